The molecule has 0 aliphatic rings. The molecular formula is C17H17FO6. The monoisotopic (exact) mass is 336 g/mol. The van der Waals surface area contributed by atoms with Crippen molar-refractivity contribution in [2.45, 2.75) is 0 Å². The first kappa shape index (κ1) is 17.4. The van der Waals surface area contributed by atoms with Crippen LogP contribution in [0, 0.1) is 5.82 Å². The average molecular weight is 336 g/mol. The van der Waals surface area contributed by atoms with Gasteiger partial charge in [-0.25, -0.2) is 9.18 Å². The van der Waals surface area contributed by atoms with E-state index in [0.29, 0.717) is 16.9 Å². The fraction of sp³-hybridized carbons (Fsp3) is 0.235. The van der Waals surface area contributed by atoms with E-state index in [4.69, 9.17) is 18.9 Å². The van der Waals surface area contributed by atoms with Crippen molar-refractivity contribution in [1.82, 2.24) is 0 Å². The van der Waals surface area contributed by atoms with Crippen LogP contribution in [0.4, 0.5) is 4.39 Å². The second kappa shape index (κ2) is 7.08. The highest BCUT2D eigenvalue weighted by Crippen LogP contribution is 2.48. The molecule has 0 unspecified atom stereocenters. The van der Waals surface area contributed by atoms with Crippen molar-refractivity contribution in [3.8, 4) is 34.1 Å². The molecule has 0 spiro atoms. The molecule has 0 radical (unpaired) electrons. The molecule has 0 aromatic heterocycles. The molecule has 0 amide bonds. The minimum absolute atomic E-state index is 0.0148. The van der Waals surface area contributed by atoms with Gasteiger partial charge in [-0.05, 0) is 24.3 Å². The zero-order valence-electron chi connectivity index (χ0n) is 13.7. The number of benzene rings is 2. The summed E-state index contributed by atoms with van der Waals surface area (Å²) in [5, 5.41) is 9.45. The SMILES string of the molecule is COc1ccc(F)cc1-c1cc(C(=O)O)c(OC)c(OC)c1OC. The molecule has 0 aliphatic carbocycles. The first-order valence-electron chi connectivity index (χ1n) is 6.88. The van der Waals surface area contributed by atoms with Gasteiger partial charge in [0.2, 0.25) is 5.75 Å². The van der Waals surface area contributed by atoms with Gasteiger partial charge < -0.3 is 24.1 Å². The second-order valence-electron chi connectivity index (χ2n) is 4.72. The van der Waals surface area contributed by atoms with Crippen molar-refractivity contribution in [3.05, 3.63) is 35.6 Å². The van der Waals surface area contributed by atoms with E-state index in [1.165, 1.54) is 52.7 Å². The summed E-state index contributed by atoms with van der Waals surface area (Å²) in [6.45, 7) is 0. The number of carboxylic acids is 1. The van der Waals surface area contributed by atoms with Gasteiger partial charge in [0.05, 0.1) is 28.4 Å². The number of ether oxygens (including phenoxy) is 4. The summed E-state index contributed by atoms with van der Waals surface area (Å²) in [6, 6.07) is 5.25. The lowest BCUT2D eigenvalue weighted by atomic mass is 9.99. The number of carboxylic acid groups (broad SMARTS) is 1. The molecular weight excluding hydrogens is 319 g/mol. The van der Waals surface area contributed by atoms with Crippen LogP contribution in [0.5, 0.6) is 23.0 Å². The Labute approximate surface area is 138 Å². The largest absolute Gasteiger partial charge is 0.496 e. The molecule has 0 heterocycles. The summed E-state index contributed by atoms with van der Waals surface area (Å²) in [5.41, 5.74) is 0.498. The van der Waals surface area contributed by atoms with Crippen LogP contribution in [-0.4, -0.2) is 39.5 Å². The lowest BCUT2D eigenvalue weighted by Gasteiger charge is -2.19. The van der Waals surface area contributed by atoms with Crippen LogP contribution in [0.1, 0.15) is 10.4 Å². The zero-order chi connectivity index (χ0) is 17.9. The highest BCUT2D eigenvalue weighted by Gasteiger charge is 2.26. The van der Waals surface area contributed by atoms with Crippen LogP contribution in [0.15, 0.2) is 24.3 Å². The first-order chi connectivity index (χ1) is 11.5. The van der Waals surface area contributed by atoms with Gasteiger partial charge >= 0.3 is 5.97 Å². The molecule has 0 aliphatic heterocycles. The van der Waals surface area contributed by atoms with Gasteiger partial charge in [0.1, 0.15) is 17.1 Å². The number of halogens is 1. The normalized spacial score (nSPS) is 10.2. The minimum Gasteiger partial charge on any atom is -0.496 e. The quantitative estimate of drug-likeness (QED) is 0.873. The van der Waals surface area contributed by atoms with E-state index in [0.717, 1.165) is 0 Å². The maximum Gasteiger partial charge on any atom is 0.339 e. The van der Waals surface area contributed by atoms with Crippen molar-refractivity contribution in [2.75, 3.05) is 28.4 Å². The van der Waals surface area contributed by atoms with E-state index in [1.54, 1.807) is 0 Å². The Morgan fingerprint density at radius 3 is 2.00 bits per heavy atom. The summed E-state index contributed by atoms with van der Waals surface area (Å²) in [5.74, 6) is -1.03. The Kier molecular flexibility index (Phi) is 5.13. The molecule has 2 rings (SSSR count). The number of hydrogen-bond acceptors (Lipinski definition) is 5. The summed E-state index contributed by atoms with van der Waals surface area (Å²) < 4.78 is 34.7. The average Bonchev–Trinajstić information content (AvgIpc) is 2.59. The molecule has 0 fully saturated rings. The molecule has 1 N–H and O–H groups in total. The van der Waals surface area contributed by atoms with Crippen molar-refractivity contribution in [2.24, 2.45) is 0 Å². The van der Waals surface area contributed by atoms with E-state index in [-0.39, 0.29) is 22.8 Å². The first-order valence-corrected chi connectivity index (χ1v) is 6.88. The molecule has 6 nitrogen and oxygen atoms in total. The fourth-order valence-electron chi connectivity index (χ4n) is 2.46. The Bertz CT molecular complexity index is 772. The van der Waals surface area contributed by atoms with E-state index in [9.17, 15) is 14.3 Å². The number of aromatic carboxylic acids is 1. The third kappa shape index (κ3) is 2.92. The van der Waals surface area contributed by atoms with E-state index in [1.807, 2.05) is 0 Å². The van der Waals surface area contributed by atoms with Gasteiger partial charge in [0.25, 0.3) is 0 Å². The highest BCUT2D eigenvalue weighted by atomic mass is 19.1. The van der Waals surface area contributed by atoms with E-state index < -0.39 is 11.8 Å². The second-order valence-corrected chi connectivity index (χ2v) is 4.72. The lowest BCUT2D eigenvalue weighted by molar-refractivity contribution is 0.0692. The molecule has 24 heavy (non-hydrogen) atoms. The van der Waals surface area contributed by atoms with Crippen LogP contribution >= 0.6 is 0 Å². The van der Waals surface area contributed by atoms with Gasteiger partial charge in [-0.3, -0.25) is 0 Å². The predicted octanol–water partition coefficient (Wildman–Crippen LogP) is 3.23. The Morgan fingerprint density at radius 2 is 1.50 bits per heavy atom. The number of hydrogen-bond donors (Lipinski definition) is 1. The molecule has 0 atom stereocenters. The molecule has 128 valence electrons. The predicted molar refractivity (Wildman–Crippen MR) is 85.0 cm³/mol. The Balaban J connectivity index is 2.91. The number of rotatable bonds is 6. The van der Waals surface area contributed by atoms with Gasteiger partial charge in [-0.2, -0.15) is 0 Å². The van der Waals surface area contributed by atoms with Gasteiger partial charge in [0.15, 0.2) is 11.5 Å². The van der Waals surface area contributed by atoms with Crippen molar-refractivity contribution in [3.63, 3.8) is 0 Å². The molecule has 0 saturated heterocycles. The number of methoxy groups -OCH3 is 4. The molecule has 0 saturated carbocycles. The third-order valence-corrected chi connectivity index (χ3v) is 3.48. The topological polar surface area (TPSA) is 74.2 Å². The maximum absolute atomic E-state index is 13.7. The summed E-state index contributed by atoms with van der Waals surface area (Å²) in [6.07, 6.45) is 0. The van der Waals surface area contributed by atoms with E-state index >= 15 is 0 Å². The molecule has 0 bridgehead atoms. The maximum atomic E-state index is 13.7. The van der Waals surface area contributed by atoms with Gasteiger partial charge in [-0.1, -0.05) is 0 Å². The van der Waals surface area contributed by atoms with Crippen molar-refractivity contribution >= 4 is 5.97 Å². The number of carbonyl (C=O) groups is 1. The third-order valence-electron chi connectivity index (χ3n) is 3.48. The lowest BCUT2D eigenvalue weighted by Crippen LogP contribution is -2.06. The van der Waals surface area contributed by atoms with Crippen molar-refractivity contribution < 1.29 is 33.2 Å². The van der Waals surface area contributed by atoms with Crippen LogP contribution in [-0.2, 0) is 0 Å². The Morgan fingerprint density at radius 1 is 0.875 bits per heavy atom. The zero-order valence-corrected chi connectivity index (χ0v) is 13.7. The standard InChI is InChI=1S/C17H17FO6/c1-21-13-6-5-9(18)7-10(13)11-8-12(17(19)20)15(23-3)16(24-4)14(11)22-2/h5-8H,1-4H3,(H,19,20). The van der Waals surface area contributed by atoms with Crippen LogP contribution in [0.2, 0.25) is 0 Å². The molecule has 7 heteroatoms. The summed E-state index contributed by atoms with van der Waals surface area (Å²) >= 11 is 0. The fourth-order valence-corrected chi connectivity index (χ4v) is 2.46. The van der Waals surface area contributed by atoms with E-state index in [2.05, 4.69) is 0 Å². The van der Waals surface area contributed by atoms with Gasteiger partial charge in [-0.15, -0.1) is 0 Å². The summed E-state index contributed by atoms with van der Waals surface area (Å²) in [4.78, 5) is 11.6. The Hall–Kier alpha value is -2.96. The molecule has 2 aromatic carbocycles. The minimum atomic E-state index is -1.22. The van der Waals surface area contributed by atoms with Crippen LogP contribution in [0.3, 0.4) is 0 Å². The van der Waals surface area contributed by atoms with Crippen LogP contribution < -0.4 is 18.9 Å². The highest BCUT2D eigenvalue weighted by molar-refractivity contribution is 5.96. The van der Waals surface area contributed by atoms with Crippen molar-refractivity contribution in [1.29, 1.82) is 0 Å². The van der Waals surface area contributed by atoms with Gasteiger partial charge in [0, 0.05) is 11.1 Å². The summed E-state index contributed by atoms with van der Waals surface area (Å²) in [7, 11) is 5.51. The smallest absolute Gasteiger partial charge is 0.339 e. The molecule has 2 aromatic rings. The van der Waals surface area contributed by atoms with Crippen LogP contribution in [0.25, 0.3) is 11.1 Å².